The molecule has 3 heterocycles. The molecular formula is C18H18F3N7O6. The van der Waals surface area contributed by atoms with E-state index in [1.165, 1.54) is 24.0 Å². The zero-order chi connectivity index (χ0) is 26.4. The summed E-state index contributed by atoms with van der Waals surface area (Å²) in [7, 11) is 4.16. The first-order chi connectivity index (χ1) is 15.6. The summed E-state index contributed by atoms with van der Waals surface area (Å²) in [6, 6.07) is 1.66. The van der Waals surface area contributed by atoms with Crippen LogP contribution in [0.2, 0.25) is 0 Å². The zero-order valence-electron chi connectivity index (χ0n) is 18.1. The zero-order valence-corrected chi connectivity index (χ0v) is 18.1. The minimum absolute atomic E-state index is 0.0629. The van der Waals surface area contributed by atoms with Crippen molar-refractivity contribution >= 4 is 0 Å². The Morgan fingerprint density at radius 2 is 1.15 bits per heavy atom. The monoisotopic (exact) mass is 485 g/mol. The van der Waals surface area contributed by atoms with Crippen LogP contribution in [0.3, 0.4) is 0 Å². The molecule has 0 saturated heterocycles. The average molecular weight is 485 g/mol. The Labute approximate surface area is 186 Å². The van der Waals surface area contributed by atoms with Crippen molar-refractivity contribution in [3.63, 3.8) is 0 Å². The number of nitrogens with zero attached hydrogens (tertiary/aromatic N) is 4. The summed E-state index contributed by atoms with van der Waals surface area (Å²) >= 11 is 0. The van der Waals surface area contributed by atoms with Crippen LogP contribution < -0.4 is 33.7 Å². The minimum Gasteiger partial charge on any atom is -0.303 e. The number of hydrogen-bond acceptors (Lipinski definition) is 7. The van der Waals surface area contributed by atoms with Crippen LogP contribution in [0.1, 0.15) is 16.7 Å². The molecule has 16 heteroatoms. The molecule has 3 N–H and O–H groups in total. The lowest BCUT2D eigenvalue weighted by Gasteiger charge is -2.05. The summed E-state index contributed by atoms with van der Waals surface area (Å²) in [5.74, 6) is 0. The molecule has 0 aromatic carbocycles. The summed E-state index contributed by atoms with van der Waals surface area (Å²) in [6.07, 6.45) is -1.58. The molecule has 0 aliphatic carbocycles. The first-order valence-corrected chi connectivity index (χ1v) is 8.92. The van der Waals surface area contributed by atoms with Crippen molar-refractivity contribution in [2.24, 2.45) is 21.1 Å². The highest BCUT2D eigenvalue weighted by Gasteiger charge is 2.34. The third-order valence-electron chi connectivity index (χ3n) is 3.93. The van der Waals surface area contributed by atoms with Crippen molar-refractivity contribution in [3.8, 4) is 6.07 Å². The molecule has 0 fully saturated rings. The van der Waals surface area contributed by atoms with Crippen molar-refractivity contribution in [3.05, 3.63) is 97.8 Å². The molecule has 3 aromatic heterocycles. The molecule has 182 valence electrons. The number of rotatable bonds is 0. The van der Waals surface area contributed by atoms with Crippen LogP contribution in [-0.4, -0.2) is 28.7 Å². The molecule has 0 saturated carbocycles. The maximum atomic E-state index is 12.0. The topological polar surface area (TPSA) is 188 Å². The van der Waals surface area contributed by atoms with Crippen molar-refractivity contribution < 1.29 is 13.2 Å². The second kappa shape index (κ2) is 10.8. The smallest absolute Gasteiger partial charge is 0.303 e. The van der Waals surface area contributed by atoms with Crippen LogP contribution in [0.4, 0.5) is 13.2 Å². The van der Waals surface area contributed by atoms with Gasteiger partial charge in [-0.3, -0.25) is 29.3 Å². The molecule has 0 spiro atoms. The number of aromatic nitrogens is 6. The lowest BCUT2D eigenvalue weighted by atomic mass is 10.3. The molecule has 0 unspecified atom stereocenters. The number of hydrogen-bond donors (Lipinski definition) is 3. The van der Waals surface area contributed by atoms with Gasteiger partial charge in [-0.05, 0) is 6.92 Å². The third-order valence-corrected chi connectivity index (χ3v) is 3.93. The molecular weight excluding hydrogens is 467 g/mol. The summed E-state index contributed by atoms with van der Waals surface area (Å²) in [5, 5.41) is 8.35. The van der Waals surface area contributed by atoms with E-state index in [-0.39, 0.29) is 16.8 Å². The standard InChI is InChI=1S/C6H5F3N2O2.C6H5N3O2.C6H8N2O2/c1-11-2-3(6(7,8)9)4(12)10-5(11)13;1-9-3-4(2-7)5(10)8-6(9)11;1-4-3-8(2)6(10)7-5(4)9/h2H,1H3,(H,10,12,13);3H,1H3,(H,8,10,11);3H,1-2H3,(H,7,9,10). The second-order valence-corrected chi connectivity index (χ2v) is 6.62. The predicted molar refractivity (Wildman–Crippen MR) is 111 cm³/mol. The van der Waals surface area contributed by atoms with Crippen LogP contribution >= 0.6 is 0 Å². The van der Waals surface area contributed by atoms with Crippen LogP contribution in [0.5, 0.6) is 0 Å². The highest BCUT2D eigenvalue weighted by Crippen LogP contribution is 2.25. The van der Waals surface area contributed by atoms with Gasteiger partial charge in [-0.2, -0.15) is 18.4 Å². The SMILES string of the molecule is Cc1cn(C)c(=O)[nH]c1=O.Cn1cc(C#N)c(=O)[nH]c1=O.Cn1cc(C(F)(F)F)c(=O)[nH]c1=O. The van der Waals surface area contributed by atoms with E-state index in [0.717, 1.165) is 11.6 Å². The number of nitriles is 1. The van der Waals surface area contributed by atoms with Gasteiger partial charge in [0.25, 0.3) is 16.7 Å². The molecule has 3 rings (SSSR count). The number of aryl methyl sites for hydroxylation is 4. The molecule has 0 aliphatic heterocycles. The second-order valence-electron chi connectivity index (χ2n) is 6.62. The fraction of sp³-hybridized carbons (Fsp3) is 0.278. The Bertz CT molecular complexity index is 1550. The summed E-state index contributed by atoms with van der Waals surface area (Å²) < 4.78 is 39.2. The van der Waals surface area contributed by atoms with Crippen LogP contribution in [0.15, 0.2) is 47.4 Å². The highest BCUT2D eigenvalue weighted by molar-refractivity contribution is 5.21. The third kappa shape index (κ3) is 7.19. The van der Waals surface area contributed by atoms with E-state index in [1.54, 1.807) is 25.0 Å². The maximum Gasteiger partial charge on any atom is 0.423 e. The molecule has 3 aromatic rings. The van der Waals surface area contributed by atoms with Crippen LogP contribution in [0.25, 0.3) is 0 Å². The molecule has 0 aliphatic rings. The minimum atomic E-state index is -4.74. The molecule has 13 nitrogen and oxygen atoms in total. The van der Waals surface area contributed by atoms with E-state index >= 15 is 0 Å². The van der Waals surface area contributed by atoms with Gasteiger partial charge in [0.1, 0.15) is 17.2 Å². The van der Waals surface area contributed by atoms with E-state index in [0.29, 0.717) is 16.3 Å². The predicted octanol–water partition coefficient (Wildman–Crippen LogP) is -1.58. The Kier molecular flexibility index (Phi) is 8.66. The van der Waals surface area contributed by atoms with Gasteiger partial charge in [0.15, 0.2) is 0 Å². The van der Waals surface area contributed by atoms with Gasteiger partial charge in [-0.15, -0.1) is 0 Å². The number of nitrogens with one attached hydrogen (secondary N) is 3. The summed E-state index contributed by atoms with van der Waals surface area (Å²) in [5.41, 5.74) is -5.05. The Morgan fingerprint density at radius 1 is 0.735 bits per heavy atom. The number of H-pyrrole nitrogens is 3. The Balaban J connectivity index is 0.000000257. The van der Waals surface area contributed by atoms with E-state index in [4.69, 9.17) is 5.26 Å². The highest BCUT2D eigenvalue weighted by atomic mass is 19.4. The van der Waals surface area contributed by atoms with Gasteiger partial charge in [0, 0.05) is 45.3 Å². The van der Waals surface area contributed by atoms with Crippen molar-refractivity contribution in [1.29, 1.82) is 5.26 Å². The van der Waals surface area contributed by atoms with Crippen molar-refractivity contribution in [2.45, 2.75) is 13.1 Å². The van der Waals surface area contributed by atoms with Gasteiger partial charge in [0.05, 0.1) is 0 Å². The van der Waals surface area contributed by atoms with Crippen molar-refractivity contribution in [2.75, 3.05) is 0 Å². The van der Waals surface area contributed by atoms with E-state index < -0.39 is 34.2 Å². The molecule has 0 amide bonds. The van der Waals surface area contributed by atoms with Gasteiger partial charge in [0.2, 0.25) is 0 Å². The normalized spacial score (nSPS) is 10.3. The molecule has 34 heavy (non-hydrogen) atoms. The van der Waals surface area contributed by atoms with Crippen LogP contribution in [0, 0.1) is 18.3 Å². The number of halogens is 3. The Hall–Kier alpha value is -4.68. The van der Waals surface area contributed by atoms with Gasteiger partial charge in [-0.1, -0.05) is 0 Å². The quantitative estimate of drug-likeness (QED) is 0.342. The number of alkyl halides is 3. The fourth-order valence-electron chi connectivity index (χ4n) is 2.10. The first kappa shape index (κ1) is 27.4. The summed E-state index contributed by atoms with van der Waals surface area (Å²) in [6.45, 7) is 1.65. The molecule has 0 radical (unpaired) electrons. The molecule has 0 bridgehead atoms. The Morgan fingerprint density at radius 3 is 1.59 bits per heavy atom. The van der Waals surface area contributed by atoms with E-state index in [2.05, 4.69) is 4.98 Å². The van der Waals surface area contributed by atoms with E-state index in [1.807, 2.05) is 4.98 Å². The summed E-state index contributed by atoms with van der Waals surface area (Å²) in [4.78, 5) is 69.9. The van der Waals surface area contributed by atoms with Crippen LogP contribution in [-0.2, 0) is 27.3 Å². The van der Waals surface area contributed by atoms with Gasteiger partial charge < -0.3 is 13.7 Å². The van der Waals surface area contributed by atoms with E-state index in [9.17, 15) is 41.9 Å². The average Bonchev–Trinajstić information content (AvgIpc) is 2.72. The van der Waals surface area contributed by atoms with Gasteiger partial charge >= 0.3 is 23.2 Å². The number of aromatic amines is 3. The first-order valence-electron chi connectivity index (χ1n) is 8.92. The fourth-order valence-corrected chi connectivity index (χ4v) is 2.10. The maximum absolute atomic E-state index is 12.0. The lowest BCUT2D eigenvalue weighted by molar-refractivity contribution is -0.139. The van der Waals surface area contributed by atoms with Crippen molar-refractivity contribution in [1.82, 2.24) is 28.7 Å². The largest absolute Gasteiger partial charge is 0.423 e. The van der Waals surface area contributed by atoms with Gasteiger partial charge in [-0.25, -0.2) is 14.4 Å². The molecule has 0 atom stereocenters. The lowest BCUT2D eigenvalue weighted by Crippen LogP contribution is -2.33.